The highest BCUT2D eigenvalue weighted by Gasteiger charge is 2.11. The molecule has 7 heteroatoms. The van der Waals surface area contributed by atoms with E-state index in [0.29, 0.717) is 16.5 Å². The van der Waals surface area contributed by atoms with Crippen LogP contribution in [0.2, 0.25) is 0 Å². The van der Waals surface area contributed by atoms with Gasteiger partial charge in [0, 0.05) is 17.1 Å². The zero-order valence-corrected chi connectivity index (χ0v) is 13.9. The minimum atomic E-state index is -0.360. The average Bonchev–Trinajstić information content (AvgIpc) is 2.94. The standard InChI is InChI=1S/C16H20N4O2S/c1-3-11(2)17-14(21)9-13-10-23-16(19-13)20-15(22)18-12-7-5-4-6-8-12/h4-8,10-11H,3,9H2,1-2H3,(H,17,21)(H2,18,19,20,22)/t11-/m1/s1. The second kappa shape index (κ2) is 8.28. The molecule has 3 amide bonds. The fraction of sp³-hybridized carbons (Fsp3) is 0.312. The zero-order chi connectivity index (χ0) is 16.7. The molecule has 0 saturated carbocycles. The van der Waals surface area contributed by atoms with Gasteiger partial charge in [0.2, 0.25) is 5.91 Å². The Kier molecular flexibility index (Phi) is 6.10. The second-order valence-electron chi connectivity index (χ2n) is 5.14. The number of hydrogen-bond acceptors (Lipinski definition) is 4. The molecule has 23 heavy (non-hydrogen) atoms. The summed E-state index contributed by atoms with van der Waals surface area (Å²) >= 11 is 1.29. The number of aromatic nitrogens is 1. The number of urea groups is 1. The van der Waals surface area contributed by atoms with Gasteiger partial charge in [0.25, 0.3) is 0 Å². The lowest BCUT2D eigenvalue weighted by molar-refractivity contribution is -0.121. The Balaban J connectivity index is 1.84. The van der Waals surface area contributed by atoms with E-state index in [1.807, 2.05) is 32.0 Å². The normalized spacial score (nSPS) is 11.6. The molecular weight excluding hydrogens is 312 g/mol. The summed E-state index contributed by atoms with van der Waals surface area (Å²) in [6.45, 7) is 3.97. The molecule has 0 radical (unpaired) electrons. The number of anilines is 2. The van der Waals surface area contributed by atoms with Gasteiger partial charge in [-0.1, -0.05) is 25.1 Å². The zero-order valence-electron chi connectivity index (χ0n) is 13.1. The number of para-hydroxylation sites is 1. The van der Waals surface area contributed by atoms with Crippen molar-refractivity contribution in [2.45, 2.75) is 32.7 Å². The fourth-order valence-electron chi connectivity index (χ4n) is 1.82. The quantitative estimate of drug-likeness (QED) is 0.759. The number of carbonyl (C=O) groups is 2. The van der Waals surface area contributed by atoms with E-state index in [-0.39, 0.29) is 24.4 Å². The smallest absolute Gasteiger partial charge is 0.325 e. The Bertz CT molecular complexity index is 657. The highest BCUT2D eigenvalue weighted by Crippen LogP contribution is 2.16. The number of thiazole rings is 1. The molecule has 1 aromatic carbocycles. The van der Waals surface area contributed by atoms with Crippen LogP contribution in [0.4, 0.5) is 15.6 Å². The molecule has 0 spiro atoms. The molecule has 0 aliphatic heterocycles. The average molecular weight is 332 g/mol. The molecule has 6 nitrogen and oxygen atoms in total. The Morgan fingerprint density at radius 1 is 1.22 bits per heavy atom. The van der Waals surface area contributed by atoms with Crippen molar-refractivity contribution in [2.24, 2.45) is 0 Å². The summed E-state index contributed by atoms with van der Waals surface area (Å²) in [6.07, 6.45) is 1.10. The largest absolute Gasteiger partial charge is 0.353 e. The van der Waals surface area contributed by atoms with Crippen molar-refractivity contribution in [3.8, 4) is 0 Å². The first-order valence-electron chi connectivity index (χ1n) is 7.43. The molecule has 3 N–H and O–H groups in total. The van der Waals surface area contributed by atoms with Crippen LogP contribution in [0, 0.1) is 0 Å². The van der Waals surface area contributed by atoms with Crippen LogP contribution in [-0.2, 0) is 11.2 Å². The summed E-state index contributed by atoms with van der Waals surface area (Å²) in [5, 5.41) is 10.5. The van der Waals surface area contributed by atoms with E-state index < -0.39 is 0 Å². The number of carbonyl (C=O) groups excluding carboxylic acids is 2. The van der Waals surface area contributed by atoms with Crippen LogP contribution in [0.3, 0.4) is 0 Å². The molecule has 0 saturated heterocycles. The van der Waals surface area contributed by atoms with Crippen LogP contribution in [0.1, 0.15) is 26.0 Å². The van der Waals surface area contributed by atoms with E-state index >= 15 is 0 Å². The van der Waals surface area contributed by atoms with Gasteiger partial charge in [0.05, 0.1) is 12.1 Å². The maximum Gasteiger partial charge on any atom is 0.325 e. The van der Waals surface area contributed by atoms with Gasteiger partial charge in [0.15, 0.2) is 5.13 Å². The highest BCUT2D eigenvalue weighted by atomic mass is 32.1. The van der Waals surface area contributed by atoms with Gasteiger partial charge in [-0.25, -0.2) is 9.78 Å². The molecule has 1 atom stereocenters. The second-order valence-corrected chi connectivity index (χ2v) is 6.00. The Labute approximate surface area is 139 Å². The van der Waals surface area contributed by atoms with E-state index in [2.05, 4.69) is 20.9 Å². The van der Waals surface area contributed by atoms with Crippen LogP contribution < -0.4 is 16.0 Å². The number of hydrogen-bond donors (Lipinski definition) is 3. The molecule has 2 rings (SSSR count). The summed E-state index contributed by atoms with van der Waals surface area (Å²) in [6, 6.07) is 8.94. The topological polar surface area (TPSA) is 83.1 Å². The van der Waals surface area contributed by atoms with Gasteiger partial charge in [-0.05, 0) is 25.5 Å². The van der Waals surface area contributed by atoms with Crippen LogP contribution in [0.25, 0.3) is 0 Å². The fourth-order valence-corrected chi connectivity index (χ4v) is 2.52. The van der Waals surface area contributed by atoms with Crippen LogP contribution >= 0.6 is 11.3 Å². The molecule has 0 unspecified atom stereocenters. The van der Waals surface area contributed by atoms with Crippen LogP contribution in [-0.4, -0.2) is 23.0 Å². The third-order valence-electron chi connectivity index (χ3n) is 3.17. The molecule has 2 aromatic rings. The van der Waals surface area contributed by atoms with E-state index in [4.69, 9.17) is 0 Å². The van der Waals surface area contributed by atoms with E-state index in [0.717, 1.165) is 6.42 Å². The molecular formula is C16H20N4O2S. The van der Waals surface area contributed by atoms with Crippen molar-refractivity contribution in [3.63, 3.8) is 0 Å². The monoisotopic (exact) mass is 332 g/mol. The molecule has 1 aromatic heterocycles. The molecule has 1 heterocycles. The third-order valence-corrected chi connectivity index (χ3v) is 3.97. The molecule has 0 bridgehead atoms. The number of rotatable bonds is 6. The van der Waals surface area contributed by atoms with Crippen molar-refractivity contribution >= 4 is 34.1 Å². The van der Waals surface area contributed by atoms with Crippen molar-refractivity contribution in [3.05, 3.63) is 41.4 Å². The first-order chi connectivity index (χ1) is 11.1. The predicted molar refractivity (Wildman–Crippen MR) is 92.8 cm³/mol. The Hall–Kier alpha value is -2.41. The van der Waals surface area contributed by atoms with Crippen molar-refractivity contribution < 1.29 is 9.59 Å². The molecule has 0 fully saturated rings. The highest BCUT2D eigenvalue weighted by molar-refractivity contribution is 7.13. The lowest BCUT2D eigenvalue weighted by Crippen LogP contribution is -2.33. The lowest BCUT2D eigenvalue weighted by Gasteiger charge is -2.10. The van der Waals surface area contributed by atoms with E-state index in [1.54, 1.807) is 17.5 Å². The summed E-state index contributed by atoms with van der Waals surface area (Å²) in [7, 11) is 0. The summed E-state index contributed by atoms with van der Waals surface area (Å²) in [4.78, 5) is 27.9. The first kappa shape index (κ1) is 17.0. The Morgan fingerprint density at radius 2 is 1.96 bits per heavy atom. The summed E-state index contributed by atoms with van der Waals surface area (Å²) < 4.78 is 0. The maximum absolute atomic E-state index is 11.9. The van der Waals surface area contributed by atoms with Gasteiger partial charge in [-0.3, -0.25) is 10.1 Å². The first-order valence-corrected chi connectivity index (χ1v) is 8.31. The van der Waals surface area contributed by atoms with E-state index in [1.165, 1.54) is 11.3 Å². The number of nitrogens with one attached hydrogen (secondary N) is 3. The summed E-state index contributed by atoms with van der Waals surface area (Å²) in [5.41, 5.74) is 1.35. The Morgan fingerprint density at radius 3 is 2.65 bits per heavy atom. The van der Waals surface area contributed by atoms with Crippen LogP contribution in [0.15, 0.2) is 35.7 Å². The van der Waals surface area contributed by atoms with Gasteiger partial charge in [-0.15, -0.1) is 11.3 Å². The van der Waals surface area contributed by atoms with Gasteiger partial charge in [-0.2, -0.15) is 0 Å². The van der Waals surface area contributed by atoms with Crippen molar-refractivity contribution in [1.29, 1.82) is 0 Å². The van der Waals surface area contributed by atoms with Gasteiger partial charge in [0.1, 0.15) is 0 Å². The number of nitrogens with zero attached hydrogens (tertiary/aromatic N) is 1. The predicted octanol–water partition coefficient (Wildman–Crippen LogP) is 3.24. The number of amides is 3. The SMILES string of the molecule is CC[C@@H](C)NC(=O)Cc1csc(NC(=O)Nc2ccccc2)n1. The van der Waals surface area contributed by atoms with E-state index in [9.17, 15) is 9.59 Å². The lowest BCUT2D eigenvalue weighted by atomic mass is 10.2. The minimum Gasteiger partial charge on any atom is -0.353 e. The van der Waals surface area contributed by atoms with Crippen LogP contribution in [0.5, 0.6) is 0 Å². The summed E-state index contributed by atoms with van der Waals surface area (Å²) in [5.74, 6) is -0.0649. The van der Waals surface area contributed by atoms with Gasteiger partial charge >= 0.3 is 6.03 Å². The molecule has 0 aliphatic rings. The third kappa shape index (κ3) is 5.71. The van der Waals surface area contributed by atoms with Crippen molar-refractivity contribution in [1.82, 2.24) is 10.3 Å². The van der Waals surface area contributed by atoms with Gasteiger partial charge < -0.3 is 10.6 Å². The van der Waals surface area contributed by atoms with Crippen molar-refractivity contribution in [2.75, 3.05) is 10.6 Å². The maximum atomic E-state index is 11.9. The minimum absolute atomic E-state index is 0.0649. The molecule has 122 valence electrons. The number of benzene rings is 1. The molecule has 0 aliphatic carbocycles.